The van der Waals surface area contributed by atoms with Gasteiger partial charge < -0.3 is 9.47 Å². The van der Waals surface area contributed by atoms with Crippen molar-refractivity contribution in [1.29, 1.82) is 0 Å². The minimum absolute atomic E-state index is 0.269. The number of nitrogens with zero attached hydrogens (tertiary/aromatic N) is 3. The van der Waals surface area contributed by atoms with Gasteiger partial charge >= 0.3 is 0 Å². The van der Waals surface area contributed by atoms with E-state index in [1.807, 2.05) is 35.1 Å². The predicted molar refractivity (Wildman–Crippen MR) is 94.5 cm³/mol. The molecule has 5 rings (SSSR count). The standard InChI is InChI=1S/C20H17N3O2/c1-2-15-11-21-19-9-14-8-17-18(25-12-24-17)10-16(14)20(22-23(15)19)13-6-4-3-5-7-13/h3-8,10-11H,2,9,12H2,1H3. The second-order valence-corrected chi connectivity index (χ2v) is 6.19. The summed E-state index contributed by atoms with van der Waals surface area (Å²) in [5, 5.41) is 4.98. The molecule has 0 amide bonds. The van der Waals surface area contributed by atoms with Crippen molar-refractivity contribution >= 4 is 5.71 Å². The molecule has 5 nitrogen and oxygen atoms in total. The summed E-state index contributed by atoms with van der Waals surface area (Å²) in [5.41, 5.74) is 5.34. The molecule has 2 aliphatic rings. The number of hydrogen-bond donors (Lipinski definition) is 0. The van der Waals surface area contributed by atoms with E-state index in [1.54, 1.807) is 0 Å². The molecule has 25 heavy (non-hydrogen) atoms. The second-order valence-electron chi connectivity index (χ2n) is 6.19. The Morgan fingerprint density at radius 1 is 1.08 bits per heavy atom. The highest BCUT2D eigenvalue weighted by Gasteiger charge is 2.25. The molecule has 0 radical (unpaired) electrons. The smallest absolute Gasteiger partial charge is 0.231 e. The molecule has 124 valence electrons. The van der Waals surface area contributed by atoms with E-state index in [-0.39, 0.29) is 6.79 Å². The zero-order chi connectivity index (χ0) is 16.8. The topological polar surface area (TPSA) is 48.6 Å². The first-order valence-electron chi connectivity index (χ1n) is 8.46. The summed E-state index contributed by atoms with van der Waals surface area (Å²) in [4.78, 5) is 4.59. The van der Waals surface area contributed by atoms with E-state index in [4.69, 9.17) is 14.6 Å². The molecule has 0 aliphatic carbocycles. The molecule has 0 N–H and O–H groups in total. The van der Waals surface area contributed by atoms with E-state index < -0.39 is 0 Å². The van der Waals surface area contributed by atoms with Crippen LogP contribution in [0, 0.1) is 0 Å². The summed E-state index contributed by atoms with van der Waals surface area (Å²) >= 11 is 0. The van der Waals surface area contributed by atoms with Crippen molar-refractivity contribution in [3.05, 3.63) is 76.9 Å². The summed E-state index contributed by atoms with van der Waals surface area (Å²) in [6, 6.07) is 14.4. The Morgan fingerprint density at radius 3 is 2.68 bits per heavy atom. The lowest BCUT2D eigenvalue weighted by Gasteiger charge is -2.11. The largest absolute Gasteiger partial charge is 0.454 e. The molecule has 5 heteroatoms. The molecule has 3 heterocycles. The second kappa shape index (κ2) is 5.48. The third-order valence-electron chi connectivity index (χ3n) is 4.69. The fourth-order valence-corrected chi connectivity index (χ4v) is 3.39. The van der Waals surface area contributed by atoms with Crippen LogP contribution in [0.4, 0.5) is 0 Å². The van der Waals surface area contributed by atoms with Gasteiger partial charge in [0, 0.05) is 17.5 Å². The first kappa shape index (κ1) is 14.3. The van der Waals surface area contributed by atoms with Crippen LogP contribution >= 0.6 is 0 Å². The molecule has 0 unspecified atom stereocenters. The minimum Gasteiger partial charge on any atom is -0.454 e. The number of benzene rings is 2. The average molecular weight is 331 g/mol. The van der Waals surface area contributed by atoms with Gasteiger partial charge in [-0.3, -0.25) is 0 Å². The van der Waals surface area contributed by atoms with Crippen molar-refractivity contribution < 1.29 is 9.47 Å². The number of aromatic nitrogens is 2. The Labute approximate surface area is 145 Å². The zero-order valence-corrected chi connectivity index (χ0v) is 13.9. The quantitative estimate of drug-likeness (QED) is 0.566. The number of imidazole rings is 1. The van der Waals surface area contributed by atoms with Crippen LogP contribution in [-0.2, 0) is 12.8 Å². The van der Waals surface area contributed by atoms with E-state index in [1.165, 1.54) is 0 Å². The molecule has 0 fully saturated rings. The number of ether oxygens (including phenoxy) is 2. The number of aryl methyl sites for hydroxylation is 1. The van der Waals surface area contributed by atoms with Gasteiger partial charge in [0.05, 0.1) is 17.6 Å². The van der Waals surface area contributed by atoms with Crippen molar-refractivity contribution in [2.75, 3.05) is 6.79 Å². The molecular weight excluding hydrogens is 314 g/mol. The van der Waals surface area contributed by atoms with Crippen LogP contribution in [0.15, 0.2) is 53.8 Å². The van der Waals surface area contributed by atoms with Gasteiger partial charge in [-0.25, -0.2) is 9.66 Å². The van der Waals surface area contributed by atoms with Gasteiger partial charge in [-0.05, 0) is 24.1 Å². The fourth-order valence-electron chi connectivity index (χ4n) is 3.39. The first-order chi connectivity index (χ1) is 12.3. The van der Waals surface area contributed by atoms with Gasteiger partial charge in [0.1, 0.15) is 5.82 Å². The summed E-state index contributed by atoms with van der Waals surface area (Å²) < 4.78 is 13.1. The monoisotopic (exact) mass is 331 g/mol. The Bertz CT molecular complexity index is 990. The van der Waals surface area contributed by atoms with Crippen LogP contribution < -0.4 is 9.47 Å². The Morgan fingerprint density at radius 2 is 1.88 bits per heavy atom. The molecule has 3 aromatic rings. The van der Waals surface area contributed by atoms with E-state index >= 15 is 0 Å². The lowest BCUT2D eigenvalue weighted by molar-refractivity contribution is 0.174. The highest BCUT2D eigenvalue weighted by Crippen LogP contribution is 2.37. The summed E-state index contributed by atoms with van der Waals surface area (Å²) in [5.74, 6) is 2.52. The molecule has 0 atom stereocenters. The van der Waals surface area contributed by atoms with Gasteiger partial charge in [0.25, 0.3) is 0 Å². The third kappa shape index (κ3) is 2.23. The lowest BCUT2D eigenvalue weighted by atomic mass is 9.95. The lowest BCUT2D eigenvalue weighted by Crippen LogP contribution is -2.07. The van der Waals surface area contributed by atoms with E-state index in [0.717, 1.165) is 51.8 Å². The van der Waals surface area contributed by atoms with Crippen LogP contribution in [-0.4, -0.2) is 22.2 Å². The maximum Gasteiger partial charge on any atom is 0.231 e. The normalized spacial score (nSPS) is 14.5. The van der Waals surface area contributed by atoms with E-state index in [2.05, 4.69) is 30.1 Å². The van der Waals surface area contributed by atoms with Gasteiger partial charge in [0.15, 0.2) is 11.5 Å². The zero-order valence-electron chi connectivity index (χ0n) is 13.9. The van der Waals surface area contributed by atoms with E-state index in [0.29, 0.717) is 6.42 Å². The number of hydrogen-bond acceptors (Lipinski definition) is 4. The minimum atomic E-state index is 0.269. The highest BCUT2D eigenvalue weighted by atomic mass is 16.7. The van der Waals surface area contributed by atoms with Crippen molar-refractivity contribution in [2.45, 2.75) is 19.8 Å². The number of rotatable bonds is 2. The molecule has 0 spiro atoms. The first-order valence-corrected chi connectivity index (χ1v) is 8.46. The third-order valence-corrected chi connectivity index (χ3v) is 4.69. The van der Waals surface area contributed by atoms with Gasteiger partial charge in [-0.1, -0.05) is 37.3 Å². The van der Waals surface area contributed by atoms with Gasteiger partial charge in [0.2, 0.25) is 6.79 Å². The molecule has 0 saturated carbocycles. The van der Waals surface area contributed by atoms with Crippen molar-refractivity contribution in [3.63, 3.8) is 0 Å². The molecular formula is C20H17N3O2. The van der Waals surface area contributed by atoms with Crippen LogP contribution in [0.25, 0.3) is 0 Å². The summed E-state index contributed by atoms with van der Waals surface area (Å²) in [7, 11) is 0. The van der Waals surface area contributed by atoms with Crippen LogP contribution in [0.1, 0.15) is 35.1 Å². The van der Waals surface area contributed by atoms with Gasteiger partial charge in [-0.2, -0.15) is 5.10 Å². The summed E-state index contributed by atoms with van der Waals surface area (Å²) in [6.07, 6.45) is 3.52. The molecule has 2 aliphatic heterocycles. The average Bonchev–Trinajstić information content (AvgIpc) is 3.22. The maximum atomic E-state index is 5.59. The Hall–Kier alpha value is -3.08. The fraction of sp³-hybridized carbons (Fsp3) is 0.200. The molecule has 1 aromatic heterocycles. The van der Waals surface area contributed by atoms with Crippen LogP contribution in [0.2, 0.25) is 0 Å². The predicted octanol–water partition coefficient (Wildman–Crippen LogP) is 3.38. The number of fused-ring (bicyclic) bond motifs is 3. The Kier molecular flexibility index (Phi) is 3.13. The van der Waals surface area contributed by atoms with Crippen LogP contribution in [0.3, 0.4) is 0 Å². The maximum absolute atomic E-state index is 5.59. The molecule has 0 saturated heterocycles. The van der Waals surface area contributed by atoms with E-state index in [9.17, 15) is 0 Å². The van der Waals surface area contributed by atoms with Crippen molar-refractivity contribution in [1.82, 2.24) is 9.66 Å². The summed E-state index contributed by atoms with van der Waals surface area (Å²) in [6.45, 7) is 2.39. The Balaban J connectivity index is 1.79. The van der Waals surface area contributed by atoms with Crippen molar-refractivity contribution in [3.8, 4) is 11.5 Å². The SMILES string of the molecule is CCc1cnc2n1N=C(c1ccccc1)c1cc3c(cc1C2)OCO3. The highest BCUT2D eigenvalue weighted by molar-refractivity contribution is 6.14. The van der Waals surface area contributed by atoms with Gasteiger partial charge in [-0.15, -0.1) is 0 Å². The van der Waals surface area contributed by atoms with Crippen LogP contribution in [0.5, 0.6) is 11.5 Å². The molecule has 0 bridgehead atoms. The molecule has 2 aromatic carbocycles. The van der Waals surface area contributed by atoms with Crippen molar-refractivity contribution in [2.24, 2.45) is 5.10 Å².